The van der Waals surface area contributed by atoms with Crippen LogP contribution in [0.15, 0.2) is 12.2 Å². The van der Waals surface area contributed by atoms with E-state index in [0.717, 1.165) is 0 Å². The van der Waals surface area contributed by atoms with Crippen molar-refractivity contribution in [1.82, 2.24) is 4.90 Å². The molecule has 5 heteroatoms. The summed E-state index contributed by atoms with van der Waals surface area (Å²) in [4.78, 5) is 24.6. The van der Waals surface area contributed by atoms with Gasteiger partial charge in [0.05, 0.1) is 5.88 Å². The van der Waals surface area contributed by atoms with Gasteiger partial charge < -0.3 is 4.74 Å². The number of hydrogen-bond donors (Lipinski definition) is 0. The Bertz CT molecular complexity index is 320. The Labute approximate surface area is 100 Å². The Hall–Kier alpha value is -1.03. The van der Waals surface area contributed by atoms with Crippen molar-refractivity contribution >= 4 is 23.5 Å². The first-order valence-corrected chi connectivity index (χ1v) is 5.63. The standard InChI is InChI=1S/C11H16ClNO3/c1-11(2,3)16-10(15)13-6-4-5-8(13)9(14)7-12/h4-5,8H,6-7H2,1-3H3/t8-/m1/s1. The molecule has 0 radical (unpaired) electrons. The van der Waals surface area contributed by atoms with Gasteiger partial charge in [-0.1, -0.05) is 12.2 Å². The second-order valence-electron chi connectivity index (χ2n) is 4.61. The number of rotatable bonds is 2. The van der Waals surface area contributed by atoms with Gasteiger partial charge in [0, 0.05) is 6.54 Å². The fourth-order valence-electron chi connectivity index (χ4n) is 1.39. The highest BCUT2D eigenvalue weighted by Gasteiger charge is 2.32. The lowest BCUT2D eigenvalue weighted by Gasteiger charge is -2.27. The van der Waals surface area contributed by atoms with Crippen LogP contribution < -0.4 is 0 Å². The van der Waals surface area contributed by atoms with Crippen molar-refractivity contribution in [1.29, 1.82) is 0 Å². The van der Waals surface area contributed by atoms with Crippen LogP contribution in [-0.2, 0) is 9.53 Å². The fourth-order valence-corrected chi connectivity index (χ4v) is 1.55. The third-order valence-electron chi connectivity index (χ3n) is 2.05. The third-order valence-corrected chi connectivity index (χ3v) is 2.31. The molecule has 0 aromatic heterocycles. The second-order valence-corrected chi connectivity index (χ2v) is 4.87. The number of Topliss-reactive ketones (excluding diaryl/α,β-unsaturated/α-hetero) is 1. The number of ether oxygens (including phenoxy) is 1. The predicted molar refractivity (Wildman–Crippen MR) is 61.6 cm³/mol. The Balaban J connectivity index is 2.67. The molecule has 1 heterocycles. The summed E-state index contributed by atoms with van der Waals surface area (Å²) >= 11 is 5.47. The van der Waals surface area contributed by atoms with Crippen LogP contribution in [0.25, 0.3) is 0 Å². The average Bonchev–Trinajstić information content (AvgIpc) is 2.62. The first kappa shape index (κ1) is 13.0. The van der Waals surface area contributed by atoms with Gasteiger partial charge in [0.15, 0.2) is 5.78 Å². The predicted octanol–water partition coefficient (Wildman–Crippen LogP) is 1.97. The van der Waals surface area contributed by atoms with Crippen LogP contribution in [0.1, 0.15) is 20.8 Å². The summed E-state index contributed by atoms with van der Waals surface area (Å²) in [6.07, 6.45) is 2.95. The molecule has 4 nitrogen and oxygen atoms in total. The molecule has 0 aromatic rings. The van der Waals surface area contributed by atoms with E-state index in [1.165, 1.54) is 4.90 Å². The minimum atomic E-state index is -0.577. The van der Waals surface area contributed by atoms with Gasteiger partial charge in [0.25, 0.3) is 0 Å². The molecule has 0 fully saturated rings. The summed E-state index contributed by atoms with van der Waals surface area (Å²) < 4.78 is 5.20. The molecule has 90 valence electrons. The van der Waals surface area contributed by atoms with Crippen molar-refractivity contribution in [3.8, 4) is 0 Å². The van der Waals surface area contributed by atoms with E-state index in [4.69, 9.17) is 16.3 Å². The number of halogens is 1. The van der Waals surface area contributed by atoms with Gasteiger partial charge in [-0.25, -0.2) is 4.79 Å². The van der Waals surface area contributed by atoms with Crippen LogP contribution in [0.5, 0.6) is 0 Å². The third kappa shape index (κ3) is 3.23. The van der Waals surface area contributed by atoms with Crippen molar-refractivity contribution in [2.45, 2.75) is 32.4 Å². The SMILES string of the molecule is CC(C)(C)OC(=O)N1CC=C[C@@H]1C(=O)CCl. The highest BCUT2D eigenvalue weighted by atomic mass is 35.5. The Morgan fingerprint density at radius 2 is 2.12 bits per heavy atom. The van der Waals surface area contributed by atoms with E-state index < -0.39 is 17.7 Å². The second kappa shape index (κ2) is 4.87. The zero-order chi connectivity index (χ0) is 12.3. The fraction of sp³-hybridized carbons (Fsp3) is 0.636. The molecule has 0 unspecified atom stereocenters. The minimum absolute atomic E-state index is 0.103. The lowest BCUT2D eigenvalue weighted by Crippen LogP contribution is -2.44. The van der Waals surface area contributed by atoms with Gasteiger partial charge in [0.1, 0.15) is 11.6 Å². The minimum Gasteiger partial charge on any atom is -0.444 e. The Morgan fingerprint density at radius 1 is 1.50 bits per heavy atom. The van der Waals surface area contributed by atoms with Crippen molar-refractivity contribution in [3.05, 3.63) is 12.2 Å². The van der Waals surface area contributed by atoms with E-state index in [9.17, 15) is 9.59 Å². The summed E-state index contributed by atoms with van der Waals surface area (Å²) in [7, 11) is 0. The van der Waals surface area contributed by atoms with Crippen LogP contribution in [0.2, 0.25) is 0 Å². The van der Waals surface area contributed by atoms with Crippen LogP contribution in [-0.4, -0.2) is 40.8 Å². The van der Waals surface area contributed by atoms with Crippen LogP contribution in [0, 0.1) is 0 Å². The smallest absolute Gasteiger partial charge is 0.411 e. The molecule has 0 N–H and O–H groups in total. The molecule has 0 aliphatic carbocycles. The normalized spacial score (nSPS) is 20.0. The maximum absolute atomic E-state index is 11.8. The summed E-state index contributed by atoms with van der Waals surface area (Å²) in [5.41, 5.74) is -0.561. The van der Waals surface area contributed by atoms with Crippen molar-refractivity contribution in [3.63, 3.8) is 0 Å². The maximum atomic E-state index is 11.8. The largest absolute Gasteiger partial charge is 0.444 e. The molecule has 1 aliphatic heterocycles. The van der Waals surface area contributed by atoms with E-state index in [2.05, 4.69) is 0 Å². The number of ketones is 1. The van der Waals surface area contributed by atoms with Gasteiger partial charge in [-0.05, 0) is 20.8 Å². The number of carbonyl (C=O) groups excluding carboxylic acids is 2. The molecular weight excluding hydrogens is 230 g/mol. The molecule has 1 aliphatic rings. The average molecular weight is 246 g/mol. The van der Waals surface area contributed by atoms with Gasteiger partial charge in [0.2, 0.25) is 0 Å². The zero-order valence-electron chi connectivity index (χ0n) is 9.70. The molecule has 1 amide bonds. The van der Waals surface area contributed by atoms with Crippen molar-refractivity contribution in [2.24, 2.45) is 0 Å². The van der Waals surface area contributed by atoms with Crippen molar-refractivity contribution in [2.75, 3.05) is 12.4 Å². The van der Waals surface area contributed by atoms with Crippen LogP contribution >= 0.6 is 11.6 Å². The first-order chi connectivity index (χ1) is 7.35. The highest BCUT2D eigenvalue weighted by Crippen LogP contribution is 2.16. The lowest BCUT2D eigenvalue weighted by atomic mass is 10.2. The van der Waals surface area contributed by atoms with Crippen LogP contribution in [0.4, 0.5) is 4.79 Å². The number of nitrogens with zero attached hydrogens (tertiary/aromatic N) is 1. The molecule has 0 saturated carbocycles. The number of carbonyl (C=O) groups is 2. The Kier molecular flexibility index (Phi) is 3.97. The molecular formula is C11H16ClNO3. The molecule has 0 spiro atoms. The van der Waals surface area contributed by atoms with Gasteiger partial charge >= 0.3 is 6.09 Å². The monoisotopic (exact) mass is 245 g/mol. The lowest BCUT2D eigenvalue weighted by molar-refractivity contribution is -0.119. The molecule has 1 atom stereocenters. The summed E-state index contributed by atoms with van der Waals surface area (Å²) in [5.74, 6) is -0.296. The highest BCUT2D eigenvalue weighted by molar-refractivity contribution is 6.28. The van der Waals surface area contributed by atoms with Gasteiger partial charge in [-0.2, -0.15) is 0 Å². The first-order valence-electron chi connectivity index (χ1n) is 5.10. The molecule has 0 saturated heterocycles. The van der Waals surface area contributed by atoms with Gasteiger partial charge in [-0.3, -0.25) is 9.69 Å². The zero-order valence-corrected chi connectivity index (χ0v) is 10.5. The van der Waals surface area contributed by atoms with Crippen LogP contribution in [0.3, 0.4) is 0 Å². The van der Waals surface area contributed by atoms with E-state index in [-0.39, 0.29) is 11.7 Å². The summed E-state index contributed by atoms with van der Waals surface area (Å²) in [6, 6.07) is -0.577. The topological polar surface area (TPSA) is 46.6 Å². The molecule has 0 bridgehead atoms. The number of alkyl halides is 1. The van der Waals surface area contributed by atoms with Gasteiger partial charge in [-0.15, -0.1) is 11.6 Å². The summed E-state index contributed by atoms with van der Waals surface area (Å²) in [6.45, 7) is 5.74. The Morgan fingerprint density at radius 3 is 2.62 bits per heavy atom. The van der Waals surface area contributed by atoms with Crippen molar-refractivity contribution < 1.29 is 14.3 Å². The van der Waals surface area contributed by atoms with E-state index >= 15 is 0 Å². The molecule has 1 rings (SSSR count). The number of hydrogen-bond acceptors (Lipinski definition) is 3. The van der Waals surface area contributed by atoms with E-state index in [1.54, 1.807) is 32.9 Å². The van der Waals surface area contributed by atoms with E-state index in [0.29, 0.717) is 6.54 Å². The maximum Gasteiger partial charge on any atom is 0.411 e. The quantitative estimate of drug-likeness (QED) is 0.552. The van der Waals surface area contributed by atoms with E-state index in [1.807, 2.05) is 0 Å². The number of amides is 1. The summed E-state index contributed by atoms with van der Waals surface area (Å²) in [5, 5.41) is 0. The molecule has 16 heavy (non-hydrogen) atoms. The molecule has 0 aromatic carbocycles.